The van der Waals surface area contributed by atoms with Gasteiger partial charge in [0.25, 0.3) is 0 Å². The summed E-state index contributed by atoms with van der Waals surface area (Å²) in [5.41, 5.74) is 2.44. The van der Waals surface area contributed by atoms with Crippen molar-refractivity contribution in [2.24, 2.45) is 5.41 Å². The first-order valence-electron chi connectivity index (χ1n) is 9.04. The maximum Gasteiger partial charge on any atom is 0.315 e. The number of aryl methyl sites for hydroxylation is 1. The van der Waals surface area contributed by atoms with Crippen molar-refractivity contribution in [2.75, 3.05) is 13.2 Å². The molecule has 0 unspecified atom stereocenters. The number of hydrogen-bond acceptors (Lipinski definition) is 3. The molecule has 0 radical (unpaired) electrons. The molecule has 2 N–H and O–H groups in total. The quantitative estimate of drug-likeness (QED) is 0.892. The van der Waals surface area contributed by atoms with E-state index in [1.807, 2.05) is 19.1 Å². The molecule has 1 aromatic rings. The highest BCUT2D eigenvalue weighted by atomic mass is 16.5. The van der Waals surface area contributed by atoms with Gasteiger partial charge in [-0.05, 0) is 39.2 Å². The lowest BCUT2D eigenvalue weighted by Gasteiger charge is -2.60. The third kappa shape index (κ3) is 2.46. The van der Waals surface area contributed by atoms with Crippen molar-refractivity contribution in [1.29, 1.82) is 0 Å². The van der Waals surface area contributed by atoms with Gasteiger partial charge in [-0.3, -0.25) is 0 Å². The van der Waals surface area contributed by atoms with Gasteiger partial charge in [-0.2, -0.15) is 0 Å². The standard InChI is InChI=1S/C19H26N2O3/c1-3-23-17-10-16(19(17)7-4-8-19)21-18(22)20-14-11-24-15-6-5-12(2)9-13(14)15/h5-6,9,14,16-17H,3-4,7-8,10-11H2,1-2H3,(H2,20,21,22)/t14-,16-,17+/m0/s1. The Morgan fingerprint density at radius 3 is 2.92 bits per heavy atom. The Labute approximate surface area is 143 Å². The van der Waals surface area contributed by atoms with E-state index in [1.54, 1.807) is 0 Å². The van der Waals surface area contributed by atoms with Crippen molar-refractivity contribution < 1.29 is 14.3 Å². The van der Waals surface area contributed by atoms with Crippen LogP contribution in [0.4, 0.5) is 4.79 Å². The van der Waals surface area contributed by atoms with Gasteiger partial charge in [-0.15, -0.1) is 0 Å². The molecule has 1 aliphatic heterocycles. The molecule has 1 heterocycles. The van der Waals surface area contributed by atoms with Crippen molar-refractivity contribution in [3.05, 3.63) is 29.3 Å². The number of nitrogens with one attached hydrogen (secondary N) is 2. The zero-order chi connectivity index (χ0) is 16.7. The molecule has 3 aliphatic rings. The first-order valence-corrected chi connectivity index (χ1v) is 9.04. The first-order chi connectivity index (χ1) is 11.6. The van der Waals surface area contributed by atoms with Crippen molar-refractivity contribution in [3.8, 4) is 5.75 Å². The maximum atomic E-state index is 12.5. The van der Waals surface area contributed by atoms with E-state index < -0.39 is 0 Å². The van der Waals surface area contributed by atoms with Gasteiger partial charge in [-0.1, -0.05) is 24.1 Å². The number of urea groups is 1. The summed E-state index contributed by atoms with van der Waals surface area (Å²) in [7, 11) is 0. The van der Waals surface area contributed by atoms with Crippen LogP contribution >= 0.6 is 0 Å². The van der Waals surface area contributed by atoms with Crippen LogP contribution in [-0.4, -0.2) is 31.4 Å². The molecule has 1 aromatic carbocycles. The van der Waals surface area contributed by atoms with Gasteiger partial charge in [0.05, 0.1) is 12.1 Å². The van der Waals surface area contributed by atoms with Crippen LogP contribution in [0, 0.1) is 12.3 Å². The molecule has 2 saturated carbocycles. The predicted octanol–water partition coefficient (Wildman–Crippen LogP) is 3.08. The van der Waals surface area contributed by atoms with Gasteiger partial charge in [0.15, 0.2) is 0 Å². The number of hydrogen-bond donors (Lipinski definition) is 2. The minimum absolute atomic E-state index is 0.0694. The largest absolute Gasteiger partial charge is 0.491 e. The molecule has 0 aromatic heterocycles. The summed E-state index contributed by atoms with van der Waals surface area (Å²) in [6, 6.07) is 6.18. The second-order valence-electron chi connectivity index (χ2n) is 7.34. The Hall–Kier alpha value is -1.75. The zero-order valence-corrected chi connectivity index (χ0v) is 14.4. The van der Waals surface area contributed by atoms with Crippen molar-refractivity contribution >= 4 is 6.03 Å². The summed E-state index contributed by atoms with van der Waals surface area (Å²) >= 11 is 0. The van der Waals surface area contributed by atoms with Gasteiger partial charge < -0.3 is 20.1 Å². The fourth-order valence-corrected chi connectivity index (χ4v) is 4.45. The molecule has 2 fully saturated rings. The fourth-order valence-electron chi connectivity index (χ4n) is 4.45. The molecule has 2 amide bonds. The smallest absolute Gasteiger partial charge is 0.315 e. The van der Waals surface area contributed by atoms with Crippen LogP contribution in [-0.2, 0) is 4.74 Å². The summed E-state index contributed by atoms with van der Waals surface area (Å²) in [6.07, 6.45) is 4.82. The molecule has 5 heteroatoms. The van der Waals surface area contributed by atoms with Crippen molar-refractivity contribution in [3.63, 3.8) is 0 Å². The third-order valence-corrected chi connectivity index (χ3v) is 5.99. The van der Waals surface area contributed by atoms with Crippen molar-refractivity contribution in [1.82, 2.24) is 10.6 Å². The minimum Gasteiger partial charge on any atom is -0.491 e. The summed E-state index contributed by atoms with van der Waals surface area (Å²) in [5, 5.41) is 6.26. The van der Waals surface area contributed by atoms with Crippen LogP contribution in [0.25, 0.3) is 0 Å². The number of ether oxygens (including phenoxy) is 2. The predicted molar refractivity (Wildman–Crippen MR) is 91.2 cm³/mol. The van der Waals surface area contributed by atoms with Crippen LogP contribution in [0.3, 0.4) is 0 Å². The Kier molecular flexibility index (Phi) is 3.91. The van der Waals surface area contributed by atoms with E-state index in [4.69, 9.17) is 9.47 Å². The van der Waals surface area contributed by atoms with Gasteiger partial charge in [0.1, 0.15) is 12.4 Å². The molecule has 130 valence electrons. The summed E-state index contributed by atoms with van der Waals surface area (Å²) in [5.74, 6) is 0.876. The molecule has 0 saturated heterocycles. The van der Waals surface area contributed by atoms with Crippen LogP contribution < -0.4 is 15.4 Å². The van der Waals surface area contributed by atoms with Crippen LogP contribution in [0.5, 0.6) is 5.75 Å². The molecule has 4 rings (SSSR count). The number of fused-ring (bicyclic) bond motifs is 1. The summed E-state index contributed by atoms with van der Waals surface area (Å²) in [6.45, 7) is 5.35. The number of carbonyl (C=O) groups excluding carboxylic acids is 1. The highest BCUT2D eigenvalue weighted by molar-refractivity contribution is 5.75. The molecule has 0 bridgehead atoms. The van der Waals surface area contributed by atoms with E-state index in [0.29, 0.717) is 12.7 Å². The lowest BCUT2D eigenvalue weighted by atomic mass is 9.51. The van der Waals surface area contributed by atoms with E-state index in [1.165, 1.54) is 12.0 Å². The molecular formula is C19H26N2O3. The number of carbonyl (C=O) groups is 1. The highest BCUT2D eigenvalue weighted by Gasteiger charge is 2.59. The van der Waals surface area contributed by atoms with Crippen LogP contribution in [0.15, 0.2) is 18.2 Å². The molecule has 2 aliphatic carbocycles. The van der Waals surface area contributed by atoms with Crippen LogP contribution in [0.1, 0.15) is 49.8 Å². The second kappa shape index (κ2) is 5.96. The molecule has 5 nitrogen and oxygen atoms in total. The zero-order valence-electron chi connectivity index (χ0n) is 14.4. The van der Waals surface area contributed by atoms with Crippen LogP contribution in [0.2, 0.25) is 0 Å². The third-order valence-electron chi connectivity index (χ3n) is 5.99. The van der Waals surface area contributed by atoms with Gasteiger partial charge in [0.2, 0.25) is 0 Å². The topological polar surface area (TPSA) is 59.6 Å². The average molecular weight is 330 g/mol. The van der Waals surface area contributed by atoms with Gasteiger partial charge in [-0.25, -0.2) is 4.79 Å². The van der Waals surface area contributed by atoms with E-state index in [2.05, 4.69) is 23.6 Å². The number of rotatable bonds is 4. The summed E-state index contributed by atoms with van der Waals surface area (Å²) < 4.78 is 11.5. The van der Waals surface area contributed by atoms with Gasteiger partial charge >= 0.3 is 6.03 Å². The maximum absolute atomic E-state index is 12.5. The van der Waals surface area contributed by atoms with E-state index in [9.17, 15) is 4.79 Å². The fraction of sp³-hybridized carbons (Fsp3) is 0.632. The Morgan fingerprint density at radius 1 is 1.38 bits per heavy atom. The summed E-state index contributed by atoms with van der Waals surface area (Å²) in [4.78, 5) is 12.5. The van der Waals surface area contributed by atoms with E-state index in [-0.39, 0.29) is 23.5 Å². The normalized spacial score (nSPS) is 29.2. The lowest BCUT2D eigenvalue weighted by Crippen LogP contribution is -2.68. The van der Waals surface area contributed by atoms with Gasteiger partial charge in [0, 0.05) is 23.6 Å². The number of amides is 2. The average Bonchev–Trinajstić information content (AvgIpc) is 2.86. The molecule has 1 spiro atoms. The Bertz CT molecular complexity index is 641. The first kappa shape index (κ1) is 15.8. The Morgan fingerprint density at radius 2 is 2.21 bits per heavy atom. The van der Waals surface area contributed by atoms with E-state index in [0.717, 1.165) is 37.2 Å². The number of benzene rings is 1. The minimum atomic E-state index is -0.0934. The van der Waals surface area contributed by atoms with Crippen molar-refractivity contribution in [2.45, 2.75) is 57.7 Å². The second-order valence-corrected chi connectivity index (χ2v) is 7.34. The molecular weight excluding hydrogens is 304 g/mol. The lowest BCUT2D eigenvalue weighted by molar-refractivity contribution is -0.169. The van der Waals surface area contributed by atoms with E-state index >= 15 is 0 Å². The monoisotopic (exact) mass is 330 g/mol. The molecule has 24 heavy (non-hydrogen) atoms. The highest BCUT2D eigenvalue weighted by Crippen LogP contribution is 2.57. The molecule has 3 atom stereocenters. The Balaban J connectivity index is 1.36. The SMILES string of the molecule is CCO[C@@H]1C[C@H](NC(=O)N[C@H]2COc3ccc(C)cc32)C12CCC2.